The summed E-state index contributed by atoms with van der Waals surface area (Å²) in [4.78, 5) is 38.1. The Bertz CT molecular complexity index is 1440. The minimum atomic E-state index is -0.809. The zero-order chi connectivity index (χ0) is 50.7. The molecule has 0 radical (unpaired) electrons. The highest BCUT2D eigenvalue weighted by atomic mass is 16.6. The van der Waals surface area contributed by atoms with Crippen LogP contribution in [0.1, 0.15) is 258 Å². The number of carbonyl (C=O) groups is 3. The number of hydrogen-bond donors (Lipinski definition) is 0. The van der Waals surface area contributed by atoms with Gasteiger partial charge in [-0.25, -0.2) is 0 Å². The van der Waals surface area contributed by atoms with Crippen molar-refractivity contribution in [3.05, 3.63) is 109 Å². The second-order valence-corrected chi connectivity index (χ2v) is 18.8. The van der Waals surface area contributed by atoms with E-state index in [1.54, 1.807) is 0 Å². The summed E-state index contributed by atoms with van der Waals surface area (Å²) in [7, 11) is 0. The first kappa shape index (κ1) is 66.1. The van der Waals surface area contributed by atoms with Gasteiger partial charge in [-0.2, -0.15) is 0 Å². The van der Waals surface area contributed by atoms with Gasteiger partial charge in [0.15, 0.2) is 6.10 Å². The van der Waals surface area contributed by atoms with Gasteiger partial charge >= 0.3 is 17.9 Å². The van der Waals surface area contributed by atoms with Crippen molar-refractivity contribution in [2.45, 2.75) is 264 Å². The molecule has 0 aliphatic carbocycles. The van der Waals surface area contributed by atoms with Gasteiger partial charge in [-0.3, -0.25) is 14.4 Å². The first-order valence-corrected chi connectivity index (χ1v) is 28.9. The summed E-state index contributed by atoms with van der Waals surface area (Å²) in [5, 5.41) is 0. The van der Waals surface area contributed by atoms with Crippen LogP contribution in [0.5, 0.6) is 0 Å². The SMILES string of the molecule is CC/C=C\C/C=C\C/C=C\C/C=C\C/C=C\C/C=C\C/C=C\CCCC(=O)OCC(COC(=O)CCCCCCCCCCCCCCC)OC(=O)CCCCCCC/C=C\C/C=C\CCCCCC. The van der Waals surface area contributed by atoms with Crippen LogP contribution < -0.4 is 0 Å². The van der Waals surface area contributed by atoms with Gasteiger partial charge in [0.05, 0.1) is 0 Å². The third kappa shape index (κ3) is 55.0. The molecule has 0 rings (SSSR count). The topological polar surface area (TPSA) is 78.9 Å². The molecule has 0 aromatic rings. The molecule has 0 saturated heterocycles. The molecule has 1 unspecified atom stereocenters. The largest absolute Gasteiger partial charge is 0.462 e. The lowest BCUT2D eigenvalue weighted by atomic mass is 10.0. The number of hydrogen-bond acceptors (Lipinski definition) is 6. The lowest BCUT2D eigenvalue weighted by molar-refractivity contribution is -0.167. The molecule has 398 valence electrons. The van der Waals surface area contributed by atoms with Gasteiger partial charge in [0.2, 0.25) is 0 Å². The number of rotatable bonds is 51. The average Bonchev–Trinajstić information content (AvgIpc) is 3.36. The van der Waals surface area contributed by atoms with Gasteiger partial charge in [-0.1, -0.05) is 246 Å². The van der Waals surface area contributed by atoms with Gasteiger partial charge < -0.3 is 14.2 Å². The van der Waals surface area contributed by atoms with E-state index in [-0.39, 0.29) is 37.5 Å². The Hall–Kier alpha value is -3.93. The van der Waals surface area contributed by atoms with E-state index in [2.05, 4.69) is 130 Å². The van der Waals surface area contributed by atoms with E-state index >= 15 is 0 Å². The van der Waals surface area contributed by atoms with E-state index in [1.165, 1.54) is 96.3 Å². The van der Waals surface area contributed by atoms with Crippen LogP contribution in [0, 0.1) is 0 Å². The Balaban J connectivity index is 4.49. The lowest BCUT2D eigenvalue weighted by Crippen LogP contribution is -2.30. The fraction of sp³-hybridized carbons (Fsp3) is 0.672. The highest BCUT2D eigenvalue weighted by Crippen LogP contribution is 2.15. The molecular formula is C64H106O6. The fourth-order valence-electron chi connectivity index (χ4n) is 7.70. The number of esters is 3. The van der Waals surface area contributed by atoms with Crippen LogP contribution in [-0.2, 0) is 28.6 Å². The zero-order valence-electron chi connectivity index (χ0n) is 45.5. The van der Waals surface area contributed by atoms with Crippen molar-refractivity contribution in [3.8, 4) is 0 Å². The summed E-state index contributed by atoms with van der Waals surface area (Å²) in [6, 6.07) is 0. The smallest absolute Gasteiger partial charge is 0.306 e. The third-order valence-electron chi connectivity index (χ3n) is 12.0. The Labute approximate surface area is 431 Å². The maximum atomic E-state index is 12.8. The number of unbranched alkanes of at least 4 members (excludes halogenated alkanes) is 22. The van der Waals surface area contributed by atoms with Gasteiger partial charge in [0, 0.05) is 19.3 Å². The van der Waals surface area contributed by atoms with E-state index in [0.29, 0.717) is 19.3 Å². The normalized spacial score (nSPS) is 12.9. The van der Waals surface area contributed by atoms with Crippen molar-refractivity contribution in [1.29, 1.82) is 0 Å². The molecule has 0 amide bonds. The molecule has 0 fully saturated rings. The molecule has 0 spiro atoms. The molecule has 0 aromatic heterocycles. The summed E-state index contributed by atoms with van der Waals surface area (Å²) in [6.07, 6.45) is 77.9. The van der Waals surface area contributed by atoms with E-state index in [9.17, 15) is 14.4 Å². The van der Waals surface area contributed by atoms with Crippen LogP contribution in [0.15, 0.2) is 109 Å². The summed E-state index contributed by atoms with van der Waals surface area (Å²) < 4.78 is 16.8. The predicted octanol–water partition coefficient (Wildman–Crippen LogP) is 19.5. The molecular weight excluding hydrogens is 865 g/mol. The number of carbonyl (C=O) groups excluding carboxylic acids is 3. The van der Waals surface area contributed by atoms with Crippen molar-refractivity contribution in [2.75, 3.05) is 13.2 Å². The molecule has 1 atom stereocenters. The van der Waals surface area contributed by atoms with Crippen LogP contribution in [0.2, 0.25) is 0 Å². The van der Waals surface area contributed by atoms with E-state index < -0.39 is 6.10 Å². The summed E-state index contributed by atoms with van der Waals surface area (Å²) >= 11 is 0. The highest BCUT2D eigenvalue weighted by Gasteiger charge is 2.19. The Morgan fingerprint density at radius 3 is 0.943 bits per heavy atom. The van der Waals surface area contributed by atoms with Gasteiger partial charge in [0.25, 0.3) is 0 Å². The van der Waals surface area contributed by atoms with Crippen molar-refractivity contribution in [3.63, 3.8) is 0 Å². The van der Waals surface area contributed by atoms with Crippen LogP contribution in [0.4, 0.5) is 0 Å². The van der Waals surface area contributed by atoms with Crippen molar-refractivity contribution >= 4 is 17.9 Å². The van der Waals surface area contributed by atoms with E-state index in [4.69, 9.17) is 14.2 Å². The summed E-state index contributed by atoms with van der Waals surface area (Å²) in [6.45, 7) is 6.45. The molecule has 0 aromatic carbocycles. The fourth-order valence-corrected chi connectivity index (χ4v) is 7.70. The van der Waals surface area contributed by atoms with E-state index in [0.717, 1.165) is 116 Å². The van der Waals surface area contributed by atoms with Gasteiger partial charge in [-0.15, -0.1) is 0 Å². The predicted molar refractivity (Wildman–Crippen MR) is 302 cm³/mol. The minimum Gasteiger partial charge on any atom is -0.462 e. The van der Waals surface area contributed by atoms with Crippen LogP contribution in [-0.4, -0.2) is 37.2 Å². The monoisotopic (exact) mass is 971 g/mol. The van der Waals surface area contributed by atoms with E-state index in [1.807, 2.05) is 0 Å². The van der Waals surface area contributed by atoms with Crippen molar-refractivity contribution in [2.24, 2.45) is 0 Å². The molecule has 0 saturated carbocycles. The molecule has 6 nitrogen and oxygen atoms in total. The zero-order valence-corrected chi connectivity index (χ0v) is 45.5. The second kappa shape index (κ2) is 57.6. The standard InChI is InChI=1S/C64H106O6/c1-4-7-10-13-16-19-22-25-27-29-30-31-32-33-34-35-37-39-42-45-48-51-54-57-63(66)69-60-61(59-68-62(65)56-53-50-47-44-41-38-24-21-18-15-12-9-6-3)70-64(67)58-55-52-49-46-43-40-36-28-26-23-20-17-14-11-8-5-2/h7,10,16,19-20,23,25,27-28,30-31,33-34,36-37,39,45,48,61H,4-6,8-9,11-15,17-18,21-22,24,26,29,32,35,38,40-44,46-47,49-60H2,1-3H3/b10-7-,19-16-,23-20-,27-25-,31-30-,34-33-,36-28-,39-37-,48-45-. The van der Waals surface area contributed by atoms with Crippen molar-refractivity contribution < 1.29 is 28.6 Å². The average molecular weight is 972 g/mol. The molecule has 0 aliphatic rings. The maximum Gasteiger partial charge on any atom is 0.306 e. The quantitative estimate of drug-likeness (QED) is 0.0262. The lowest BCUT2D eigenvalue weighted by Gasteiger charge is -2.18. The molecule has 6 heteroatoms. The van der Waals surface area contributed by atoms with Crippen LogP contribution >= 0.6 is 0 Å². The molecule has 0 N–H and O–H groups in total. The number of allylic oxidation sites excluding steroid dienone is 18. The summed E-state index contributed by atoms with van der Waals surface area (Å²) in [5.74, 6) is -0.976. The first-order valence-electron chi connectivity index (χ1n) is 28.9. The van der Waals surface area contributed by atoms with Gasteiger partial charge in [-0.05, 0) is 103 Å². The summed E-state index contributed by atoms with van der Waals surface area (Å²) in [5.41, 5.74) is 0. The molecule has 0 aliphatic heterocycles. The first-order chi connectivity index (χ1) is 34.5. The maximum absolute atomic E-state index is 12.8. The van der Waals surface area contributed by atoms with Crippen LogP contribution in [0.3, 0.4) is 0 Å². The number of ether oxygens (including phenoxy) is 3. The second-order valence-electron chi connectivity index (χ2n) is 18.8. The van der Waals surface area contributed by atoms with Crippen LogP contribution in [0.25, 0.3) is 0 Å². The third-order valence-corrected chi connectivity index (χ3v) is 12.0. The Morgan fingerprint density at radius 1 is 0.300 bits per heavy atom. The minimum absolute atomic E-state index is 0.101. The molecule has 0 heterocycles. The Morgan fingerprint density at radius 2 is 0.571 bits per heavy atom. The highest BCUT2D eigenvalue weighted by molar-refractivity contribution is 5.71. The van der Waals surface area contributed by atoms with Crippen molar-refractivity contribution in [1.82, 2.24) is 0 Å². The molecule has 70 heavy (non-hydrogen) atoms. The Kier molecular flexibility index (Phi) is 54.4. The molecule has 0 bridgehead atoms. The van der Waals surface area contributed by atoms with Gasteiger partial charge in [0.1, 0.15) is 13.2 Å².